The summed E-state index contributed by atoms with van der Waals surface area (Å²) in [5.74, 6) is 5.83. The Balaban J connectivity index is 2.08. The van der Waals surface area contributed by atoms with Crippen LogP contribution in [0.3, 0.4) is 0 Å². The highest BCUT2D eigenvalue weighted by atomic mass is 16.5. The number of hydrogen-bond donors (Lipinski definition) is 1. The maximum absolute atomic E-state index is 5.30. The van der Waals surface area contributed by atoms with Crippen molar-refractivity contribution >= 4 is 0 Å². The number of ether oxygens (including phenoxy) is 1. The Bertz CT molecular complexity index is 151. The minimum absolute atomic E-state index is 0.532. The van der Waals surface area contributed by atoms with Crippen LogP contribution in [-0.4, -0.2) is 25.8 Å². The van der Waals surface area contributed by atoms with E-state index in [2.05, 4.69) is 17.2 Å². The zero-order chi connectivity index (χ0) is 7.94. The maximum Gasteiger partial charge on any atom is 0.0619 e. The molecule has 0 bridgehead atoms. The second-order valence-electron chi connectivity index (χ2n) is 2.72. The first-order valence-corrected chi connectivity index (χ1v) is 4.14. The average molecular weight is 153 g/mol. The largest absolute Gasteiger partial charge is 0.380 e. The molecule has 2 heteroatoms. The molecule has 1 rings (SSSR count). The van der Waals surface area contributed by atoms with Crippen LogP contribution in [0, 0.1) is 11.8 Å². The van der Waals surface area contributed by atoms with Gasteiger partial charge in [-0.2, -0.15) is 0 Å². The highest BCUT2D eigenvalue weighted by molar-refractivity contribution is 4.97. The number of nitrogens with one attached hydrogen (secondary N) is 1. The van der Waals surface area contributed by atoms with Crippen molar-refractivity contribution in [1.29, 1.82) is 0 Å². The first kappa shape index (κ1) is 8.58. The van der Waals surface area contributed by atoms with Crippen LogP contribution in [0.4, 0.5) is 0 Å². The molecule has 0 amide bonds. The van der Waals surface area contributed by atoms with Gasteiger partial charge >= 0.3 is 0 Å². The lowest BCUT2D eigenvalue weighted by Gasteiger charge is -2.21. The lowest BCUT2D eigenvalue weighted by Crippen LogP contribution is -2.36. The first-order chi connectivity index (χ1) is 5.43. The highest BCUT2D eigenvalue weighted by Gasteiger charge is 2.11. The molecule has 1 aliphatic heterocycles. The Labute approximate surface area is 68.3 Å². The lowest BCUT2D eigenvalue weighted by molar-refractivity contribution is 0.0719. The molecule has 1 aliphatic rings. The fraction of sp³-hybridized carbons (Fsp3) is 0.778. The Kier molecular flexibility index (Phi) is 4.03. The van der Waals surface area contributed by atoms with Crippen LogP contribution >= 0.6 is 0 Å². The molecular formula is C9H15NO. The van der Waals surface area contributed by atoms with Gasteiger partial charge in [-0.1, -0.05) is 5.92 Å². The molecule has 1 atom stereocenters. The third-order valence-electron chi connectivity index (χ3n) is 1.82. The molecule has 0 radical (unpaired) electrons. The molecule has 0 aromatic heterocycles. The molecule has 0 aliphatic carbocycles. The molecule has 1 unspecified atom stereocenters. The van der Waals surface area contributed by atoms with Gasteiger partial charge in [-0.25, -0.2) is 0 Å². The van der Waals surface area contributed by atoms with E-state index >= 15 is 0 Å². The third kappa shape index (κ3) is 3.41. The predicted octanol–water partition coefficient (Wildman–Crippen LogP) is 0.778. The van der Waals surface area contributed by atoms with E-state index in [-0.39, 0.29) is 0 Å². The molecule has 1 heterocycles. The molecule has 62 valence electrons. The number of rotatable bonds is 2. The van der Waals surface area contributed by atoms with Gasteiger partial charge in [0.25, 0.3) is 0 Å². The summed E-state index contributed by atoms with van der Waals surface area (Å²) in [7, 11) is 0. The zero-order valence-corrected chi connectivity index (χ0v) is 7.02. The smallest absolute Gasteiger partial charge is 0.0619 e. The minimum atomic E-state index is 0.532. The summed E-state index contributed by atoms with van der Waals surface area (Å²) in [6.07, 6.45) is 2.41. The Morgan fingerprint density at radius 2 is 2.55 bits per heavy atom. The molecule has 1 saturated heterocycles. The van der Waals surface area contributed by atoms with Crippen LogP contribution in [0.5, 0.6) is 0 Å². The molecule has 0 saturated carbocycles. The fourth-order valence-electron chi connectivity index (χ4n) is 1.19. The van der Waals surface area contributed by atoms with Crippen molar-refractivity contribution in [3.05, 3.63) is 0 Å². The monoisotopic (exact) mass is 153 g/mol. The molecule has 2 nitrogen and oxygen atoms in total. The van der Waals surface area contributed by atoms with Crippen molar-refractivity contribution < 1.29 is 4.74 Å². The van der Waals surface area contributed by atoms with E-state index in [4.69, 9.17) is 4.74 Å². The van der Waals surface area contributed by atoms with E-state index in [0.29, 0.717) is 6.04 Å². The first-order valence-electron chi connectivity index (χ1n) is 4.14. The normalized spacial score (nSPS) is 23.9. The maximum atomic E-state index is 5.30. The van der Waals surface area contributed by atoms with Crippen molar-refractivity contribution in [2.75, 3.05) is 19.8 Å². The van der Waals surface area contributed by atoms with Gasteiger partial charge in [-0.15, -0.1) is 5.92 Å². The fourth-order valence-corrected chi connectivity index (χ4v) is 1.19. The quantitative estimate of drug-likeness (QED) is 0.592. The van der Waals surface area contributed by atoms with Crippen molar-refractivity contribution in [3.8, 4) is 11.8 Å². The topological polar surface area (TPSA) is 21.3 Å². The van der Waals surface area contributed by atoms with Crippen LogP contribution < -0.4 is 5.32 Å². The molecule has 1 N–H and O–H groups in total. The predicted molar refractivity (Wildman–Crippen MR) is 45.3 cm³/mol. The summed E-state index contributed by atoms with van der Waals surface area (Å²) in [5, 5.41) is 3.32. The number of hydrogen-bond acceptors (Lipinski definition) is 2. The minimum Gasteiger partial charge on any atom is -0.380 e. The molecule has 11 heavy (non-hydrogen) atoms. The standard InChI is InChI=1S/C9H15NO/c1-2-3-6-10-9-5-4-7-11-8-9/h9-10H,4-8H2,1H3. The van der Waals surface area contributed by atoms with Crippen LogP contribution in [0.25, 0.3) is 0 Å². The van der Waals surface area contributed by atoms with Crippen molar-refractivity contribution in [1.82, 2.24) is 5.32 Å². The molecule has 0 spiro atoms. The van der Waals surface area contributed by atoms with Crippen molar-refractivity contribution in [2.45, 2.75) is 25.8 Å². The van der Waals surface area contributed by atoms with Gasteiger partial charge < -0.3 is 10.1 Å². The Hall–Kier alpha value is -0.520. The zero-order valence-electron chi connectivity index (χ0n) is 7.02. The van der Waals surface area contributed by atoms with Gasteiger partial charge in [0, 0.05) is 12.6 Å². The van der Waals surface area contributed by atoms with Gasteiger partial charge in [-0.05, 0) is 19.8 Å². The third-order valence-corrected chi connectivity index (χ3v) is 1.82. The van der Waals surface area contributed by atoms with Gasteiger partial charge in [0.15, 0.2) is 0 Å². The van der Waals surface area contributed by atoms with Crippen LogP contribution in [-0.2, 0) is 4.74 Å². The van der Waals surface area contributed by atoms with Gasteiger partial charge in [0.2, 0.25) is 0 Å². The van der Waals surface area contributed by atoms with Crippen molar-refractivity contribution in [2.24, 2.45) is 0 Å². The van der Waals surface area contributed by atoms with Gasteiger partial charge in [0.1, 0.15) is 0 Å². The second kappa shape index (κ2) is 5.17. The van der Waals surface area contributed by atoms with E-state index in [9.17, 15) is 0 Å². The Morgan fingerprint density at radius 3 is 3.18 bits per heavy atom. The van der Waals surface area contributed by atoms with Crippen LogP contribution in [0.15, 0.2) is 0 Å². The summed E-state index contributed by atoms with van der Waals surface area (Å²) < 4.78 is 5.30. The van der Waals surface area contributed by atoms with E-state index in [1.165, 1.54) is 12.8 Å². The summed E-state index contributed by atoms with van der Waals surface area (Å²) in [6.45, 7) is 4.44. The van der Waals surface area contributed by atoms with Crippen molar-refractivity contribution in [3.63, 3.8) is 0 Å². The average Bonchev–Trinajstić information content (AvgIpc) is 2.07. The van der Waals surface area contributed by atoms with E-state index in [1.54, 1.807) is 0 Å². The summed E-state index contributed by atoms with van der Waals surface area (Å²) in [5.41, 5.74) is 0. The second-order valence-corrected chi connectivity index (χ2v) is 2.72. The van der Waals surface area contributed by atoms with Crippen LogP contribution in [0.1, 0.15) is 19.8 Å². The summed E-state index contributed by atoms with van der Waals surface area (Å²) in [4.78, 5) is 0. The SMILES string of the molecule is CC#CCNC1CCCOC1. The molecule has 0 aromatic carbocycles. The van der Waals surface area contributed by atoms with Gasteiger partial charge in [-0.3, -0.25) is 0 Å². The Morgan fingerprint density at radius 1 is 1.64 bits per heavy atom. The highest BCUT2D eigenvalue weighted by Crippen LogP contribution is 2.04. The molecule has 0 aromatic rings. The van der Waals surface area contributed by atoms with Gasteiger partial charge in [0.05, 0.1) is 13.2 Å². The van der Waals surface area contributed by atoms with E-state index in [0.717, 1.165) is 19.8 Å². The molecular weight excluding hydrogens is 138 g/mol. The summed E-state index contributed by atoms with van der Waals surface area (Å²) >= 11 is 0. The van der Waals surface area contributed by atoms with E-state index in [1.807, 2.05) is 6.92 Å². The summed E-state index contributed by atoms with van der Waals surface area (Å²) in [6, 6.07) is 0.532. The lowest BCUT2D eigenvalue weighted by atomic mass is 10.1. The van der Waals surface area contributed by atoms with E-state index < -0.39 is 0 Å². The molecule has 1 fully saturated rings. The van der Waals surface area contributed by atoms with Crippen LogP contribution in [0.2, 0.25) is 0 Å².